The fraction of sp³-hybridized carbons (Fsp3) is 0.467. The molecule has 1 aromatic carbocycles. The van der Waals surface area contributed by atoms with Gasteiger partial charge in [0.25, 0.3) is 0 Å². The van der Waals surface area contributed by atoms with Gasteiger partial charge in [-0.1, -0.05) is 18.1 Å². The van der Waals surface area contributed by atoms with Crippen LogP contribution in [0, 0.1) is 18.2 Å². The van der Waals surface area contributed by atoms with E-state index in [1.807, 2.05) is 6.07 Å². The van der Waals surface area contributed by atoms with Gasteiger partial charge in [0.1, 0.15) is 5.82 Å². The smallest absolute Gasteiger partial charge is 0.123 e. The van der Waals surface area contributed by atoms with Gasteiger partial charge in [0.15, 0.2) is 0 Å². The molecule has 1 aromatic rings. The lowest BCUT2D eigenvalue weighted by Gasteiger charge is -2.36. The zero-order valence-electron chi connectivity index (χ0n) is 10.4. The zero-order chi connectivity index (χ0) is 12.8. The van der Waals surface area contributed by atoms with Crippen LogP contribution in [-0.2, 0) is 0 Å². The molecule has 2 rings (SSSR count). The van der Waals surface area contributed by atoms with Crippen molar-refractivity contribution in [2.45, 2.75) is 24.8 Å². The summed E-state index contributed by atoms with van der Waals surface area (Å²) >= 11 is 1.78. The maximum atomic E-state index is 13.1. The van der Waals surface area contributed by atoms with E-state index in [2.05, 4.69) is 11.2 Å². The number of halogens is 1. The molecule has 0 radical (unpaired) electrons. The number of thioether (sulfide) groups is 1. The summed E-state index contributed by atoms with van der Waals surface area (Å²) < 4.78 is 13.1. The third kappa shape index (κ3) is 3.76. The van der Waals surface area contributed by atoms with Crippen molar-refractivity contribution in [1.82, 2.24) is 5.32 Å². The standard InChI is InChI=1S/C15H18FNS/c1-2-7-18-8-6-17-15-10-13(11-15)12-4-3-5-14(16)9-12/h1,3-5,9,13,15,17H,6-8,10-11H2. The molecule has 0 unspecified atom stereocenters. The highest BCUT2D eigenvalue weighted by molar-refractivity contribution is 7.99. The average molecular weight is 263 g/mol. The van der Waals surface area contributed by atoms with Gasteiger partial charge in [0.2, 0.25) is 0 Å². The third-order valence-corrected chi connectivity index (χ3v) is 4.19. The Morgan fingerprint density at radius 3 is 3.00 bits per heavy atom. The van der Waals surface area contributed by atoms with Gasteiger partial charge >= 0.3 is 0 Å². The van der Waals surface area contributed by atoms with Crippen LogP contribution in [0.1, 0.15) is 24.3 Å². The van der Waals surface area contributed by atoms with Crippen molar-refractivity contribution in [1.29, 1.82) is 0 Å². The van der Waals surface area contributed by atoms with Crippen LogP contribution >= 0.6 is 11.8 Å². The lowest BCUT2D eigenvalue weighted by Crippen LogP contribution is -2.41. The topological polar surface area (TPSA) is 12.0 Å². The molecular weight excluding hydrogens is 245 g/mol. The molecule has 3 heteroatoms. The highest BCUT2D eigenvalue weighted by Gasteiger charge is 2.29. The fourth-order valence-corrected chi connectivity index (χ4v) is 2.81. The van der Waals surface area contributed by atoms with E-state index in [0.29, 0.717) is 12.0 Å². The maximum Gasteiger partial charge on any atom is 0.123 e. The Morgan fingerprint density at radius 2 is 2.28 bits per heavy atom. The monoisotopic (exact) mass is 263 g/mol. The summed E-state index contributed by atoms with van der Waals surface area (Å²) in [4.78, 5) is 0. The molecule has 0 aromatic heterocycles. The first-order chi connectivity index (χ1) is 8.79. The van der Waals surface area contributed by atoms with Gasteiger partial charge in [-0.05, 0) is 36.5 Å². The van der Waals surface area contributed by atoms with Gasteiger partial charge < -0.3 is 5.32 Å². The molecule has 1 nitrogen and oxygen atoms in total. The van der Waals surface area contributed by atoms with E-state index < -0.39 is 0 Å². The van der Waals surface area contributed by atoms with Gasteiger partial charge in [-0.25, -0.2) is 4.39 Å². The molecule has 1 saturated carbocycles. The van der Waals surface area contributed by atoms with Crippen molar-refractivity contribution >= 4 is 11.8 Å². The Kier molecular flexibility index (Phi) is 5.10. The van der Waals surface area contributed by atoms with Gasteiger partial charge in [0.05, 0.1) is 5.75 Å². The van der Waals surface area contributed by atoms with Crippen LogP contribution < -0.4 is 5.32 Å². The largest absolute Gasteiger partial charge is 0.313 e. The lowest BCUT2D eigenvalue weighted by atomic mass is 9.76. The Morgan fingerprint density at radius 1 is 1.44 bits per heavy atom. The van der Waals surface area contributed by atoms with Gasteiger partial charge in [-0.2, -0.15) is 0 Å². The minimum absolute atomic E-state index is 0.130. The molecule has 0 bridgehead atoms. The van der Waals surface area contributed by atoms with E-state index in [0.717, 1.165) is 36.5 Å². The number of benzene rings is 1. The van der Waals surface area contributed by atoms with Crippen molar-refractivity contribution in [3.8, 4) is 12.3 Å². The Bertz CT molecular complexity index is 421. The van der Waals surface area contributed by atoms with Crippen molar-refractivity contribution in [3.63, 3.8) is 0 Å². The minimum Gasteiger partial charge on any atom is -0.313 e. The normalized spacial score (nSPS) is 22.2. The van der Waals surface area contributed by atoms with Crippen LogP contribution in [0.15, 0.2) is 24.3 Å². The molecule has 0 amide bonds. The average Bonchev–Trinajstić information content (AvgIpc) is 2.31. The van der Waals surface area contributed by atoms with Crippen LogP contribution in [0.2, 0.25) is 0 Å². The highest BCUT2D eigenvalue weighted by atomic mass is 32.2. The van der Waals surface area contributed by atoms with E-state index in [9.17, 15) is 4.39 Å². The summed E-state index contributed by atoms with van der Waals surface area (Å²) in [5, 5.41) is 3.51. The Hall–Kier alpha value is -0.980. The molecule has 0 atom stereocenters. The first-order valence-electron chi connectivity index (χ1n) is 6.29. The molecule has 0 saturated heterocycles. The molecule has 0 spiro atoms. The molecule has 1 fully saturated rings. The number of nitrogens with one attached hydrogen (secondary N) is 1. The molecule has 1 aliphatic rings. The van der Waals surface area contributed by atoms with Crippen molar-refractivity contribution < 1.29 is 4.39 Å². The summed E-state index contributed by atoms with van der Waals surface area (Å²) in [6.07, 6.45) is 7.41. The second kappa shape index (κ2) is 6.82. The summed E-state index contributed by atoms with van der Waals surface area (Å²) in [7, 11) is 0. The molecule has 1 N–H and O–H groups in total. The predicted octanol–water partition coefficient (Wildman–Crippen LogP) is 3.03. The first-order valence-corrected chi connectivity index (χ1v) is 7.45. The van der Waals surface area contributed by atoms with E-state index in [1.54, 1.807) is 23.9 Å². The molecular formula is C15H18FNS. The molecule has 18 heavy (non-hydrogen) atoms. The van der Waals surface area contributed by atoms with E-state index in [-0.39, 0.29) is 5.82 Å². The van der Waals surface area contributed by atoms with Crippen molar-refractivity contribution in [2.75, 3.05) is 18.1 Å². The SMILES string of the molecule is C#CCSCCNC1CC(c2cccc(F)c2)C1. The van der Waals surface area contributed by atoms with Crippen LogP contribution in [0.3, 0.4) is 0 Å². The van der Waals surface area contributed by atoms with Crippen LogP contribution in [0.25, 0.3) is 0 Å². The zero-order valence-corrected chi connectivity index (χ0v) is 11.2. The second-order valence-corrected chi connectivity index (χ2v) is 5.74. The Balaban J connectivity index is 1.64. The van der Waals surface area contributed by atoms with Gasteiger partial charge in [-0.3, -0.25) is 0 Å². The molecule has 0 heterocycles. The minimum atomic E-state index is -0.130. The fourth-order valence-electron chi connectivity index (χ4n) is 2.28. The van der Waals surface area contributed by atoms with Crippen molar-refractivity contribution in [3.05, 3.63) is 35.6 Å². The lowest BCUT2D eigenvalue weighted by molar-refractivity contribution is 0.296. The number of terminal acetylenes is 1. The first kappa shape index (κ1) is 13.5. The van der Waals surface area contributed by atoms with E-state index in [1.165, 1.54) is 6.07 Å². The summed E-state index contributed by atoms with van der Waals surface area (Å²) in [5.74, 6) is 4.86. The maximum absolute atomic E-state index is 13.1. The van der Waals surface area contributed by atoms with E-state index in [4.69, 9.17) is 6.42 Å². The molecule has 1 aliphatic carbocycles. The number of hydrogen-bond donors (Lipinski definition) is 1. The Labute approximate surface area is 113 Å². The summed E-state index contributed by atoms with van der Waals surface area (Å²) in [5.41, 5.74) is 1.13. The summed E-state index contributed by atoms with van der Waals surface area (Å²) in [6, 6.07) is 7.56. The van der Waals surface area contributed by atoms with Crippen LogP contribution in [0.5, 0.6) is 0 Å². The van der Waals surface area contributed by atoms with Gasteiger partial charge in [-0.15, -0.1) is 18.2 Å². The number of rotatable bonds is 6. The molecule has 0 aliphatic heterocycles. The van der Waals surface area contributed by atoms with E-state index >= 15 is 0 Å². The molecule has 96 valence electrons. The van der Waals surface area contributed by atoms with Gasteiger partial charge in [0, 0.05) is 18.3 Å². The quantitative estimate of drug-likeness (QED) is 0.625. The third-order valence-electron chi connectivity index (χ3n) is 3.32. The summed E-state index contributed by atoms with van der Waals surface area (Å²) in [6.45, 7) is 1.01. The second-order valence-electron chi connectivity index (χ2n) is 4.63. The van der Waals surface area contributed by atoms with Crippen LogP contribution in [0.4, 0.5) is 4.39 Å². The predicted molar refractivity (Wildman–Crippen MR) is 76.3 cm³/mol. The van der Waals surface area contributed by atoms with Crippen LogP contribution in [-0.4, -0.2) is 24.1 Å². The number of hydrogen-bond acceptors (Lipinski definition) is 2. The van der Waals surface area contributed by atoms with Crippen molar-refractivity contribution in [2.24, 2.45) is 0 Å². The highest BCUT2D eigenvalue weighted by Crippen LogP contribution is 2.36.